The van der Waals surface area contributed by atoms with E-state index in [4.69, 9.17) is 16.3 Å². The van der Waals surface area contributed by atoms with Gasteiger partial charge >= 0.3 is 5.97 Å². The third kappa shape index (κ3) is 3.83. The van der Waals surface area contributed by atoms with E-state index in [1.165, 1.54) is 20.4 Å². The fourth-order valence-corrected chi connectivity index (χ4v) is 1.87. The third-order valence-corrected chi connectivity index (χ3v) is 3.07. The third-order valence-electron chi connectivity index (χ3n) is 2.82. The molecule has 0 radical (unpaired) electrons. The predicted octanol–water partition coefficient (Wildman–Crippen LogP) is 3.70. The molecule has 0 fully saturated rings. The van der Waals surface area contributed by atoms with Gasteiger partial charge in [-0.1, -0.05) is 29.8 Å². The number of pyridine rings is 1. The van der Waals surface area contributed by atoms with Crippen LogP contribution in [0.1, 0.15) is 21.5 Å². The van der Waals surface area contributed by atoms with Gasteiger partial charge in [-0.2, -0.15) is 0 Å². The Balaban J connectivity index is 2.32. The second kappa shape index (κ2) is 6.90. The molecule has 108 valence electrons. The zero-order chi connectivity index (χ0) is 15.2. The molecule has 0 amide bonds. The number of hydrogen-bond acceptors (Lipinski definition) is 4. The van der Waals surface area contributed by atoms with Gasteiger partial charge in [0, 0.05) is 16.8 Å². The topological polar surface area (TPSA) is 48.4 Å². The van der Waals surface area contributed by atoms with Crippen LogP contribution in [0.5, 0.6) is 5.88 Å². The van der Waals surface area contributed by atoms with E-state index in [9.17, 15) is 4.79 Å². The summed E-state index contributed by atoms with van der Waals surface area (Å²) in [4.78, 5) is 15.6. The van der Waals surface area contributed by atoms with E-state index in [0.717, 1.165) is 5.56 Å². The maximum atomic E-state index is 11.5. The zero-order valence-corrected chi connectivity index (χ0v) is 12.4. The molecule has 1 aromatic heterocycles. The van der Waals surface area contributed by atoms with Crippen molar-refractivity contribution in [3.63, 3.8) is 0 Å². The second-order valence-corrected chi connectivity index (χ2v) is 4.64. The quantitative estimate of drug-likeness (QED) is 0.808. The lowest BCUT2D eigenvalue weighted by atomic mass is 10.1. The lowest BCUT2D eigenvalue weighted by Gasteiger charge is -2.05. The molecule has 5 heteroatoms. The normalized spacial score (nSPS) is 10.6. The molecule has 0 N–H and O–H groups in total. The molecule has 1 heterocycles. The number of aromatic nitrogens is 1. The Morgan fingerprint density at radius 2 is 1.90 bits per heavy atom. The van der Waals surface area contributed by atoms with Crippen molar-refractivity contribution in [3.05, 3.63) is 58.2 Å². The monoisotopic (exact) mass is 303 g/mol. The first-order valence-corrected chi connectivity index (χ1v) is 6.58. The van der Waals surface area contributed by atoms with Gasteiger partial charge in [0.1, 0.15) is 0 Å². The summed E-state index contributed by atoms with van der Waals surface area (Å²) in [6, 6.07) is 9.07. The van der Waals surface area contributed by atoms with E-state index in [1.807, 2.05) is 36.4 Å². The van der Waals surface area contributed by atoms with Crippen LogP contribution < -0.4 is 4.74 Å². The molecule has 21 heavy (non-hydrogen) atoms. The molecule has 2 rings (SSSR count). The molecular formula is C16H14ClNO3. The number of benzene rings is 1. The molecule has 0 unspecified atom stereocenters. The molecule has 0 bridgehead atoms. The van der Waals surface area contributed by atoms with E-state index in [1.54, 1.807) is 6.07 Å². The number of carbonyl (C=O) groups is 1. The van der Waals surface area contributed by atoms with Crippen molar-refractivity contribution in [1.29, 1.82) is 0 Å². The summed E-state index contributed by atoms with van der Waals surface area (Å²) in [5, 5.41) is 0.680. The van der Waals surface area contributed by atoms with Gasteiger partial charge in [-0.05, 0) is 29.8 Å². The highest BCUT2D eigenvalue weighted by atomic mass is 35.5. The molecule has 0 atom stereocenters. The van der Waals surface area contributed by atoms with Crippen LogP contribution in [0.15, 0.2) is 36.5 Å². The maximum Gasteiger partial charge on any atom is 0.339 e. The van der Waals surface area contributed by atoms with Crippen molar-refractivity contribution in [3.8, 4) is 5.88 Å². The van der Waals surface area contributed by atoms with Crippen LogP contribution in [0.2, 0.25) is 5.02 Å². The average Bonchev–Trinajstić information content (AvgIpc) is 2.53. The van der Waals surface area contributed by atoms with E-state index in [2.05, 4.69) is 9.72 Å². The van der Waals surface area contributed by atoms with Crippen molar-refractivity contribution >= 4 is 29.7 Å². The van der Waals surface area contributed by atoms with Crippen LogP contribution in [0.25, 0.3) is 12.2 Å². The fraction of sp³-hybridized carbons (Fsp3) is 0.125. The summed E-state index contributed by atoms with van der Waals surface area (Å²) in [5.41, 5.74) is 2.04. The minimum Gasteiger partial charge on any atom is -0.481 e. The molecule has 0 aliphatic carbocycles. The first kappa shape index (κ1) is 15.1. The number of esters is 1. The minimum absolute atomic E-state index is 0.369. The highest BCUT2D eigenvalue weighted by Crippen LogP contribution is 2.20. The SMILES string of the molecule is COC(=O)c1cnc(OC)c(C=Cc2ccc(Cl)cc2)c1. The van der Waals surface area contributed by atoms with Gasteiger partial charge in [0.05, 0.1) is 19.8 Å². The van der Waals surface area contributed by atoms with Crippen molar-refractivity contribution in [1.82, 2.24) is 4.98 Å². The summed E-state index contributed by atoms with van der Waals surface area (Å²) in [7, 11) is 2.86. The summed E-state index contributed by atoms with van der Waals surface area (Å²) in [6.45, 7) is 0. The number of hydrogen-bond donors (Lipinski definition) is 0. The number of ether oxygens (including phenoxy) is 2. The smallest absolute Gasteiger partial charge is 0.339 e. The predicted molar refractivity (Wildman–Crippen MR) is 82.5 cm³/mol. The van der Waals surface area contributed by atoms with Gasteiger partial charge in [-0.15, -0.1) is 0 Å². The highest BCUT2D eigenvalue weighted by Gasteiger charge is 2.09. The van der Waals surface area contributed by atoms with E-state index >= 15 is 0 Å². The summed E-state index contributed by atoms with van der Waals surface area (Å²) in [5.74, 6) is -0.000775. The van der Waals surface area contributed by atoms with Crippen LogP contribution in [0.3, 0.4) is 0 Å². The number of methoxy groups -OCH3 is 2. The minimum atomic E-state index is -0.439. The Morgan fingerprint density at radius 1 is 1.19 bits per heavy atom. The van der Waals surface area contributed by atoms with E-state index < -0.39 is 5.97 Å². The van der Waals surface area contributed by atoms with Gasteiger partial charge in [-0.25, -0.2) is 9.78 Å². The molecule has 0 spiro atoms. The highest BCUT2D eigenvalue weighted by molar-refractivity contribution is 6.30. The second-order valence-electron chi connectivity index (χ2n) is 4.20. The van der Waals surface area contributed by atoms with E-state index in [0.29, 0.717) is 22.0 Å². The number of rotatable bonds is 4. The van der Waals surface area contributed by atoms with Gasteiger partial charge in [0.25, 0.3) is 0 Å². The van der Waals surface area contributed by atoms with Crippen molar-refractivity contribution in [2.75, 3.05) is 14.2 Å². The molecule has 0 aliphatic rings. The van der Waals surface area contributed by atoms with Crippen LogP contribution in [-0.2, 0) is 4.74 Å². The molecule has 1 aromatic carbocycles. The summed E-state index contributed by atoms with van der Waals surface area (Å²) >= 11 is 5.84. The van der Waals surface area contributed by atoms with Gasteiger partial charge < -0.3 is 9.47 Å². The van der Waals surface area contributed by atoms with Crippen molar-refractivity contribution < 1.29 is 14.3 Å². The Hall–Kier alpha value is -2.33. The Morgan fingerprint density at radius 3 is 2.52 bits per heavy atom. The molecule has 0 aliphatic heterocycles. The molecule has 0 saturated carbocycles. The lowest BCUT2D eigenvalue weighted by molar-refractivity contribution is 0.0600. The molecule has 2 aromatic rings. The average molecular weight is 304 g/mol. The van der Waals surface area contributed by atoms with Gasteiger partial charge in [0.2, 0.25) is 5.88 Å². The number of carbonyl (C=O) groups excluding carboxylic acids is 1. The van der Waals surface area contributed by atoms with Gasteiger partial charge in [-0.3, -0.25) is 0 Å². The Labute approximate surface area is 128 Å². The van der Waals surface area contributed by atoms with Crippen LogP contribution in [0, 0.1) is 0 Å². The maximum absolute atomic E-state index is 11.5. The lowest BCUT2D eigenvalue weighted by Crippen LogP contribution is -2.03. The van der Waals surface area contributed by atoms with E-state index in [-0.39, 0.29) is 0 Å². The fourth-order valence-electron chi connectivity index (χ4n) is 1.75. The summed E-state index contributed by atoms with van der Waals surface area (Å²) < 4.78 is 9.87. The molecule has 4 nitrogen and oxygen atoms in total. The first-order chi connectivity index (χ1) is 10.1. The first-order valence-electron chi connectivity index (χ1n) is 6.20. The van der Waals surface area contributed by atoms with Crippen molar-refractivity contribution in [2.24, 2.45) is 0 Å². The number of nitrogens with zero attached hydrogens (tertiary/aromatic N) is 1. The largest absolute Gasteiger partial charge is 0.481 e. The summed E-state index contributed by atoms with van der Waals surface area (Å²) in [6.07, 6.45) is 5.13. The van der Waals surface area contributed by atoms with Crippen LogP contribution >= 0.6 is 11.6 Å². The molecule has 0 saturated heterocycles. The standard InChI is InChI=1S/C16H14ClNO3/c1-20-15-12(9-13(10-18-15)16(19)21-2)6-3-11-4-7-14(17)8-5-11/h3-10H,1-2H3. The Kier molecular flexibility index (Phi) is 4.95. The van der Waals surface area contributed by atoms with Crippen LogP contribution in [-0.4, -0.2) is 25.2 Å². The van der Waals surface area contributed by atoms with Crippen molar-refractivity contribution in [2.45, 2.75) is 0 Å². The number of halogens is 1. The van der Waals surface area contributed by atoms with Gasteiger partial charge in [0.15, 0.2) is 0 Å². The Bertz CT molecular complexity index is 666. The zero-order valence-electron chi connectivity index (χ0n) is 11.7. The molecular weight excluding hydrogens is 290 g/mol. The van der Waals surface area contributed by atoms with Crippen LogP contribution in [0.4, 0.5) is 0 Å².